The van der Waals surface area contributed by atoms with Gasteiger partial charge in [-0.05, 0) is 19.3 Å². The minimum atomic E-state index is -0.142. The maximum absolute atomic E-state index is 11.4. The smallest absolute Gasteiger partial charge is 0.303 e. The molecular weight excluding hydrogens is 252 g/mol. The van der Waals surface area contributed by atoms with Gasteiger partial charge in [-0.1, -0.05) is 25.2 Å². The van der Waals surface area contributed by atoms with Crippen LogP contribution in [0.3, 0.4) is 0 Å². The summed E-state index contributed by atoms with van der Waals surface area (Å²) in [5, 5.41) is 1.83. The van der Waals surface area contributed by atoms with Crippen LogP contribution in [0.4, 0.5) is 0 Å². The van der Waals surface area contributed by atoms with Crippen molar-refractivity contribution in [3.8, 4) is 0 Å². The van der Waals surface area contributed by atoms with Crippen molar-refractivity contribution in [2.24, 2.45) is 5.92 Å². The Morgan fingerprint density at radius 1 is 1.56 bits per heavy atom. The quantitative estimate of drug-likeness (QED) is 0.769. The Bertz CT molecular complexity index is 437. The topological polar surface area (TPSA) is 60.3 Å². The maximum atomic E-state index is 11.4. The number of amides is 1. The molecule has 0 spiro atoms. The van der Waals surface area contributed by atoms with Gasteiger partial charge in [0.25, 0.3) is 0 Å². The zero-order chi connectivity index (χ0) is 13.5. The van der Waals surface area contributed by atoms with Crippen LogP contribution in [0.2, 0.25) is 0 Å². The number of hydrogen-bond acceptors (Lipinski definition) is 4. The number of hydrogen-bond donors (Lipinski definition) is 1. The lowest BCUT2D eigenvalue weighted by Gasteiger charge is -2.08. The second-order valence-corrected chi connectivity index (χ2v) is 5.45. The molecule has 6 heteroatoms. The van der Waals surface area contributed by atoms with Gasteiger partial charge in [0.15, 0.2) is 0 Å². The Labute approximate surface area is 111 Å². The number of aryl methyl sites for hydroxylation is 1. The van der Waals surface area contributed by atoms with Crippen LogP contribution >= 0.6 is 11.3 Å². The van der Waals surface area contributed by atoms with Gasteiger partial charge in [0.2, 0.25) is 5.91 Å². The maximum Gasteiger partial charge on any atom is 0.307 e. The molecule has 1 aromatic heterocycles. The van der Waals surface area contributed by atoms with Crippen molar-refractivity contribution < 1.29 is 9.63 Å². The number of thiazole rings is 1. The zero-order valence-corrected chi connectivity index (χ0v) is 11.9. The first-order valence-corrected chi connectivity index (χ1v) is 6.94. The second-order valence-electron chi connectivity index (χ2n) is 4.63. The molecule has 1 heterocycles. The van der Waals surface area contributed by atoms with Crippen LogP contribution < -0.4 is 10.4 Å². The number of nitrogens with one attached hydrogen (secondary N) is 1. The monoisotopic (exact) mass is 272 g/mol. The van der Waals surface area contributed by atoms with Crippen molar-refractivity contribution in [3.05, 3.63) is 20.7 Å². The van der Waals surface area contributed by atoms with Crippen molar-refractivity contribution in [3.63, 3.8) is 0 Å². The standard InChI is InChI=1S/C12H20N2O3S/c1-9(2)7-17-13-11(15)5-4-6-14-10(3)8-18-12(14)16/h8-9H,4-7H2,1-3H3,(H,13,15). The van der Waals surface area contributed by atoms with Crippen LogP contribution in [0.15, 0.2) is 10.2 Å². The van der Waals surface area contributed by atoms with Crippen molar-refractivity contribution in [2.75, 3.05) is 6.61 Å². The number of carbonyl (C=O) groups excluding carboxylic acids is 1. The van der Waals surface area contributed by atoms with E-state index >= 15 is 0 Å². The summed E-state index contributed by atoms with van der Waals surface area (Å²) in [7, 11) is 0. The van der Waals surface area contributed by atoms with Gasteiger partial charge in [-0.2, -0.15) is 0 Å². The summed E-state index contributed by atoms with van der Waals surface area (Å²) in [6.07, 6.45) is 0.994. The molecule has 0 aromatic carbocycles. The van der Waals surface area contributed by atoms with E-state index in [1.165, 1.54) is 11.3 Å². The third-order valence-corrected chi connectivity index (χ3v) is 3.25. The van der Waals surface area contributed by atoms with Gasteiger partial charge >= 0.3 is 4.87 Å². The summed E-state index contributed by atoms with van der Waals surface area (Å²) in [6, 6.07) is 0. The fourth-order valence-corrected chi connectivity index (χ4v) is 2.17. The fraction of sp³-hybridized carbons (Fsp3) is 0.667. The van der Waals surface area contributed by atoms with E-state index in [1.54, 1.807) is 4.57 Å². The van der Waals surface area contributed by atoms with E-state index < -0.39 is 0 Å². The largest absolute Gasteiger partial charge is 0.307 e. The lowest BCUT2D eigenvalue weighted by molar-refractivity contribution is -0.134. The van der Waals surface area contributed by atoms with Gasteiger partial charge in [0.1, 0.15) is 0 Å². The highest BCUT2D eigenvalue weighted by Gasteiger charge is 2.05. The van der Waals surface area contributed by atoms with Gasteiger partial charge in [0, 0.05) is 24.0 Å². The van der Waals surface area contributed by atoms with Crippen LogP contribution in [-0.2, 0) is 16.2 Å². The third kappa shape index (κ3) is 5.01. The molecule has 102 valence electrons. The summed E-state index contributed by atoms with van der Waals surface area (Å²) in [4.78, 5) is 27.9. The third-order valence-electron chi connectivity index (χ3n) is 2.36. The van der Waals surface area contributed by atoms with Crippen LogP contribution in [0, 0.1) is 12.8 Å². The highest BCUT2D eigenvalue weighted by atomic mass is 32.1. The number of carbonyl (C=O) groups is 1. The summed E-state index contributed by atoms with van der Waals surface area (Å²) in [5.74, 6) is 0.244. The van der Waals surface area contributed by atoms with Gasteiger partial charge in [-0.3, -0.25) is 14.4 Å². The molecule has 0 aliphatic rings. The molecule has 5 nitrogen and oxygen atoms in total. The Balaban J connectivity index is 2.22. The SMILES string of the molecule is Cc1csc(=O)n1CCCC(=O)NOCC(C)C. The lowest BCUT2D eigenvalue weighted by Crippen LogP contribution is -2.26. The molecule has 0 aliphatic heterocycles. The summed E-state index contributed by atoms with van der Waals surface area (Å²) in [5.41, 5.74) is 3.35. The van der Waals surface area contributed by atoms with Crippen molar-refractivity contribution in [2.45, 2.75) is 40.2 Å². The summed E-state index contributed by atoms with van der Waals surface area (Å²) < 4.78 is 1.69. The van der Waals surface area contributed by atoms with E-state index in [4.69, 9.17) is 4.84 Å². The van der Waals surface area contributed by atoms with E-state index in [1.807, 2.05) is 26.2 Å². The lowest BCUT2D eigenvalue weighted by atomic mass is 10.2. The van der Waals surface area contributed by atoms with E-state index in [0.717, 1.165) is 5.69 Å². The first kappa shape index (κ1) is 14.9. The van der Waals surface area contributed by atoms with E-state index in [9.17, 15) is 9.59 Å². The molecule has 0 saturated carbocycles. The number of hydroxylamine groups is 1. The second kappa shape index (κ2) is 7.33. The number of aromatic nitrogens is 1. The molecule has 1 rings (SSSR count). The molecule has 0 radical (unpaired) electrons. The Hall–Kier alpha value is -1.14. The van der Waals surface area contributed by atoms with E-state index in [2.05, 4.69) is 5.48 Å². The molecule has 0 aliphatic carbocycles. The number of nitrogens with zero attached hydrogens (tertiary/aromatic N) is 1. The fourth-order valence-electron chi connectivity index (χ4n) is 1.41. The van der Waals surface area contributed by atoms with E-state index in [-0.39, 0.29) is 10.8 Å². The molecule has 1 N–H and O–H groups in total. The molecule has 1 aromatic rings. The predicted octanol–water partition coefficient (Wildman–Crippen LogP) is 1.70. The molecule has 0 unspecified atom stereocenters. The first-order valence-electron chi connectivity index (χ1n) is 6.06. The molecule has 0 fully saturated rings. The molecule has 0 atom stereocenters. The van der Waals surface area contributed by atoms with Crippen molar-refractivity contribution in [1.29, 1.82) is 0 Å². The highest BCUT2D eigenvalue weighted by Crippen LogP contribution is 2.02. The highest BCUT2D eigenvalue weighted by molar-refractivity contribution is 7.07. The molecule has 0 bridgehead atoms. The van der Waals surface area contributed by atoms with Crippen molar-refractivity contribution >= 4 is 17.2 Å². The normalized spacial score (nSPS) is 10.9. The zero-order valence-electron chi connectivity index (χ0n) is 11.1. The van der Waals surface area contributed by atoms with Crippen LogP contribution in [-0.4, -0.2) is 17.1 Å². The average molecular weight is 272 g/mol. The van der Waals surface area contributed by atoms with Crippen molar-refractivity contribution in [1.82, 2.24) is 10.0 Å². The van der Waals surface area contributed by atoms with Gasteiger partial charge in [-0.15, -0.1) is 0 Å². The summed E-state index contributed by atoms with van der Waals surface area (Å²) in [6.45, 7) is 7.00. The van der Waals surface area contributed by atoms with Gasteiger partial charge in [-0.25, -0.2) is 5.48 Å². The van der Waals surface area contributed by atoms with Crippen LogP contribution in [0.5, 0.6) is 0 Å². The molecular formula is C12H20N2O3S. The predicted molar refractivity (Wildman–Crippen MR) is 71.5 cm³/mol. The van der Waals surface area contributed by atoms with Crippen LogP contribution in [0.25, 0.3) is 0 Å². The molecule has 0 saturated heterocycles. The van der Waals surface area contributed by atoms with Gasteiger partial charge < -0.3 is 4.57 Å². The number of rotatable bonds is 7. The average Bonchev–Trinajstić information content (AvgIpc) is 2.60. The Kier molecular flexibility index (Phi) is 6.07. The first-order chi connectivity index (χ1) is 8.50. The molecule has 18 heavy (non-hydrogen) atoms. The minimum Gasteiger partial charge on any atom is -0.303 e. The Morgan fingerprint density at radius 2 is 2.28 bits per heavy atom. The molecule has 1 amide bonds. The van der Waals surface area contributed by atoms with Gasteiger partial charge in [0.05, 0.1) is 6.61 Å². The Morgan fingerprint density at radius 3 is 2.83 bits per heavy atom. The van der Waals surface area contributed by atoms with Crippen LogP contribution in [0.1, 0.15) is 32.4 Å². The summed E-state index contributed by atoms with van der Waals surface area (Å²) >= 11 is 1.19. The van der Waals surface area contributed by atoms with E-state index in [0.29, 0.717) is 31.9 Å². The minimum absolute atomic E-state index is 0.0314.